The lowest BCUT2D eigenvalue weighted by atomic mass is 9.99. The molecular formula is C8H11N3O3S. The van der Waals surface area contributed by atoms with Gasteiger partial charge in [0.1, 0.15) is 11.1 Å². The fourth-order valence-corrected chi connectivity index (χ4v) is 2.52. The Labute approximate surface area is 90.4 Å². The predicted molar refractivity (Wildman–Crippen MR) is 52.7 cm³/mol. The van der Waals surface area contributed by atoms with Gasteiger partial charge in [-0.3, -0.25) is 9.89 Å². The molecule has 1 aromatic heterocycles. The van der Waals surface area contributed by atoms with Crippen molar-refractivity contribution in [3.8, 4) is 0 Å². The third-order valence-corrected chi connectivity index (χ3v) is 3.74. The van der Waals surface area contributed by atoms with Crippen molar-refractivity contribution in [1.82, 2.24) is 15.2 Å². The third-order valence-electron chi connectivity index (χ3n) is 2.38. The summed E-state index contributed by atoms with van der Waals surface area (Å²) in [5.41, 5.74) is 0. The summed E-state index contributed by atoms with van der Waals surface area (Å²) < 4.78 is 4.35. The molecule has 2 heterocycles. The van der Waals surface area contributed by atoms with E-state index in [9.17, 15) is 9.90 Å². The molecule has 0 saturated carbocycles. The van der Waals surface area contributed by atoms with Gasteiger partial charge in [-0.1, -0.05) is 11.8 Å². The number of aromatic nitrogens is 3. The highest BCUT2D eigenvalue weighted by Crippen LogP contribution is 2.38. The first-order valence-electron chi connectivity index (χ1n) is 4.58. The lowest BCUT2D eigenvalue weighted by molar-refractivity contribution is -0.142. The van der Waals surface area contributed by atoms with E-state index in [1.54, 1.807) is 0 Å². The Hall–Kier alpha value is -1.08. The second-order valence-corrected chi connectivity index (χ2v) is 4.68. The van der Waals surface area contributed by atoms with Gasteiger partial charge in [-0.2, -0.15) is 5.10 Å². The number of nitrogens with one attached hydrogen (secondary N) is 1. The van der Waals surface area contributed by atoms with Crippen LogP contribution in [-0.2, 0) is 9.53 Å². The summed E-state index contributed by atoms with van der Waals surface area (Å²) in [6, 6.07) is 0. The molecule has 1 aromatic rings. The molecule has 82 valence electrons. The second kappa shape index (κ2) is 4.19. The van der Waals surface area contributed by atoms with E-state index in [-0.39, 0.29) is 0 Å². The molecule has 0 unspecified atom stereocenters. The fourth-order valence-electron chi connectivity index (χ4n) is 1.49. The van der Waals surface area contributed by atoms with E-state index in [0.717, 1.165) is 0 Å². The SMILES string of the molecule is O=C(O)C1(Sc2ncn[nH]2)CCOCC1. The van der Waals surface area contributed by atoms with E-state index in [1.165, 1.54) is 18.1 Å². The first kappa shape index (κ1) is 10.4. The van der Waals surface area contributed by atoms with Crippen molar-refractivity contribution in [3.05, 3.63) is 6.33 Å². The molecule has 2 rings (SSSR count). The van der Waals surface area contributed by atoms with Crippen LogP contribution < -0.4 is 0 Å². The molecule has 0 amide bonds. The highest BCUT2D eigenvalue weighted by atomic mass is 32.2. The van der Waals surface area contributed by atoms with Gasteiger partial charge in [0.25, 0.3) is 0 Å². The monoisotopic (exact) mass is 229 g/mol. The molecule has 1 aliphatic heterocycles. The summed E-state index contributed by atoms with van der Waals surface area (Å²) in [5.74, 6) is -0.813. The molecule has 7 heteroatoms. The van der Waals surface area contributed by atoms with Crippen molar-refractivity contribution < 1.29 is 14.6 Å². The Bertz CT molecular complexity index is 335. The average Bonchev–Trinajstić information content (AvgIpc) is 2.71. The van der Waals surface area contributed by atoms with Gasteiger partial charge in [0.2, 0.25) is 0 Å². The van der Waals surface area contributed by atoms with E-state index in [2.05, 4.69) is 15.2 Å². The van der Waals surface area contributed by atoms with Crippen LogP contribution in [0.4, 0.5) is 0 Å². The number of carboxylic acid groups (broad SMARTS) is 1. The Morgan fingerprint density at radius 3 is 2.87 bits per heavy atom. The van der Waals surface area contributed by atoms with Crippen LogP contribution in [0.2, 0.25) is 0 Å². The van der Waals surface area contributed by atoms with Gasteiger partial charge < -0.3 is 9.84 Å². The van der Waals surface area contributed by atoms with Crippen LogP contribution in [0.15, 0.2) is 11.5 Å². The van der Waals surface area contributed by atoms with E-state index in [4.69, 9.17) is 4.74 Å². The Morgan fingerprint density at radius 1 is 1.60 bits per heavy atom. The van der Waals surface area contributed by atoms with Gasteiger partial charge in [-0.25, -0.2) is 4.98 Å². The largest absolute Gasteiger partial charge is 0.480 e. The number of thioether (sulfide) groups is 1. The summed E-state index contributed by atoms with van der Waals surface area (Å²) in [5, 5.41) is 16.1. The van der Waals surface area contributed by atoms with Gasteiger partial charge in [0.15, 0.2) is 5.16 Å². The molecule has 0 radical (unpaired) electrons. The number of nitrogens with zero attached hydrogens (tertiary/aromatic N) is 2. The van der Waals surface area contributed by atoms with E-state index in [0.29, 0.717) is 31.2 Å². The number of hydrogen-bond donors (Lipinski definition) is 2. The summed E-state index contributed by atoms with van der Waals surface area (Å²) in [7, 11) is 0. The quantitative estimate of drug-likeness (QED) is 0.786. The van der Waals surface area contributed by atoms with Crippen LogP contribution in [0, 0.1) is 0 Å². The highest BCUT2D eigenvalue weighted by molar-refractivity contribution is 8.01. The number of aromatic amines is 1. The highest BCUT2D eigenvalue weighted by Gasteiger charge is 2.42. The zero-order valence-corrected chi connectivity index (χ0v) is 8.79. The van der Waals surface area contributed by atoms with Crippen molar-refractivity contribution in [2.75, 3.05) is 13.2 Å². The Balaban J connectivity index is 2.15. The van der Waals surface area contributed by atoms with Crippen molar-refractivity contribution in [2.45, 2.75) is 22.7 Å². The van der Waals surface area contributed by atoms with Crippen molar-refractivity contribution in [1.29, 1.82) is 0 Å². The molecule has 0 aliphatic carbocycles. The van der Waals surface area contributed by atoms with Crippen LogP contribution in [0.1, 0.15) is 12.8 Å². The number of rotatable bonds is 3. The molecule has 15 heavy (non-hydrogen) atoms. The van der Waals surface area contributed by atoms with Crippen molar-refractivity contribution in [2.24, 2.45) is 0 Å². The molecule has 2 N–H and O–H groups in total. The van der Waals surface area contributed by atoms with E-state index >= 15 is 0 Å². The van der Waals surface area contributed by atoms with E-state index < -0.39 is 10.7 Å². The van der Waals surface area contributed by atoms with Crippen LogP contribution in [0.25, 0.3) is 0 Å². The van der Waals surface area contributed by atoms with Crippen LogP contribution in [0.3, 0.4) is 0 Å². The van der Waals surface area contributed by atoms with Gasteiger partial charge in [-0.05, 0) is 12.8 Å². The van der Waals surface area contributed by atoms with Crippen LogP contribution in [-0.4, -0.2) is 44.2 Å². The topological polar surface area (TPSA) is 88.1 Å². The lowest BCUT2D eigenvalue weighted by Crippen LogP contribution is -2.40. The van der Waals surface area contributed by atoms with Crippen molar-refractivity contribution >= 4 is 17.7 Å². The normalized spacial score (nSPS) is 20.0. The molecule has 0 spiro atoms. The maximum absolute atomic E-state index is 11.3. The van der Waals surface area contributed by atoms with E-state index in [1.807, 2.05) is 0 Å². The first-order valence-corrected chi connectivity index (χ1v) is 5.40. The lowest BCUT2D eigenvalue weighted by Gasteiger charge is -2.31. The Kier molecular flexibility index (Phi) is 2.92. The summed E-state index contributed by atoms with van der Waals surface area (Å²) in [6.07, 6.45) is 2.36. The number of carboxylic acids is 1. The minimum Gasteiger partial charge on any atom is -0.480 e. The maximum Gasteiger partial charge on any atom is 0.320 e. The molecule has 6 nitrogen and oxygen atoms in total. The fraction of sp³-hybridized carbons (Fsp3) is 0.625. The number of aliphatic carboxylic acids is 1. The van der Waals surface area contributed by atoms with Crippen molar-refractivity contribution in [3.63, 3.8) is 0 Å². The van der Waals surface area contributed by atoms with Gasteiger partial charge in [0.05, 0.1) is 0 Å². The minimum atomic E-state index is -0.822. The van der Waals surface area contributed by atoms with Gasteiger partial charge in [0, 0.05) is 13.2 Å². The standard InChI is InChI=1S/C8H11N3O3S/c12-6(13)8(1-3-14-4-2-8)15-7-9-5-10-11-7/h5H,1-4H2,(H,12,13)(H,9,10,11). The molecule has 1 fully saturated rings. The van der Waals surface area contributed by atoms with Crippen LogP contribution >= 0.6 is 11.8 Å². The van der Waals surface area contributed by atoms with Gasteiger partial charge in [-0.15, -0.1) is 0 Å². The smallest absolute Gasteiger partial charge is 0.320 e. The zero-order chi connectivity index (χ0) is 10.7. The number of carbonyl (C=O) groups is 1. The summed E-state index contributed by atoms with van der Waals surface area (Å²) in [4.78, 5) is 15.2. The maximum atomic E-state index is 11.3. The summed E-state index contributed by atoms with van der Waals surface area (Å²) >= 11 is 1.22. The van der Waals surface area contributed by atoms with Gasteiger partial charge >= 0.3 is 5.97 Å². The predicted octanol–water partition coefficient (Wildman–Crippen LogP) is 0.531. The second-order valence-electron chi connectivity index (χ2n) is 3.30. The first-order chi connectivity index (χ1) is 7.23. The van der Waals surface area contributed by atoms with Crippen LogP contribution in [0.5, 0.6) is 0 Å². The zero-order valence-electron chi connectivity index (χ0n) is 7.97. The molecule has 0 aromatic carbocycles. The average molecular weight is 229 g/mol. The molecule has 0 atom stereocenters. The molecule has 1 saturated heterocycles. The number of H-pyrrole nitrogens is 1. The summed E-state index contributed by atoms with van der Waals surface area (Å²) in [6.45, 7) is 0.959. The number of ether oxygens (including phenoxy) is 1. The third kappa shape index (κ3) is 2.13. The molecule has 0 bridgehead atoms. The number of hydrogen-bond acceptors (Lipinski definition) is 5. The molecule has 1 aliphatic rings. The minimum absolute atomic E-state index is 0.480. The molecular weight excluding hydrogens is 218 g/mol. The Morgan fingerprint density at radius 2 is 2.33 bits per heavy atom.